The monoisotopic (exact) mass is 300 g/mol. The van der Waals surface area contributed by atoms with Crippen LogP contribution in [0.1, 0.15) is 41.7 Å². The van der Waals surface area contributed by atoms with Crippen molar-refractivity contribution in [3.05, 3.63) is 41.9 Å². The molecule has 2 aromatic heterocycles. The molecule has 3 heterocycles. The molecule has 6 nitrogen and oxygen atoms in total. The molecule has 0 spiro atoms. The van der Waals surface area contributed by atoms with Crippen molar-refractivity contribution in [3.8, 4) is 5.88 Å². The second-order valence-electron chi connectivity index (χ2n) is 5.42. The zero-order valence-corrected chi connectivity index (χ0v) is 12.7. The summed E-state index contributed by atoms with van der Waals surface area (Å²) in [5, 5.41) is 7.02. The molecule has 1 aliphatic rings. The SMILES string of the molecule is CCOc1cc(C(=O)N2CCC[C@H](c3ccn[nH]3)C2)ccn1. The molecule has 0 unspecified atom stereocenters. The summed E-state index contributed by atoms with van der Waals surface area (Å²) in [5.74, 6) is 0.858. The molecule has 1 saturated heterocycles. The molecular formula is C16H20N4O2. The van der Waals surface area contributed by atoms with Crippen LogP contribution in [-0.4, -0.2) is 45.7 Å². The zero-order valence-electron chi connectivity index (χ0n) is 12.7. The fourth-order valence-electron chi connectivity index (χ4n) is 2.86. The van der Waals surface area contributed by atoms with Gasteiger partial charge in [0.05, 0.1) is 6.61 Å². The van der Waals surface area contributed by atoms with Gasteiger partial charge in [0, 0.05) is 48.7 Å². The molecular weight excluding hydrogens is 280 g/mol. The molecule has 1 fully saturated rings. The highest BCUT2D eigenvalue weighted by Crippen LogP contribution is 2.26. The third kappa shape index (κ3) is 3.10. The lowest BCUT2D eigenvalue weighted by Crippen LogP contribution is -2.39. The Bertz CT molecular complexity index is 627. The Morgan fingerprint density at radius 3 is 3.14 bits per heavy atom. The van der Waals surface area contributed by atoms with Crippen LogP contribution in [0.25, 0.3) is 0 Å². The fourth-order valence-corrected chi connectivity index (χ4v) is 2.86. The zero-order chi connectivity index (χ0) is 15.4. The Kier molecular flexibility index (Phi) is 4.37. The van der Waals surface area contributed by atoms with Gasteiger partial charge in [0.15, 0.2) is 0 Å². The van der Waals surface area contributed by atoms with Crippen LogP contribution in [0.3, 0.4) is 0 Å². The van der Waals surface area contributed by atoms with Crippen LogP contribution in [0, 0.1) is 0 Å². The Hall–Kier alpha value is -2.37. The fraction of sp³-hybridized carbons (Fsp3) is 0.438. The number of hydrogen-bond donors (Lipinski definition) is 1. The highest BCUT2D eigenvalue weighted by Gasteiger charge is 2.26. The first-order chi connectivity index (χ1) is 10.8. The van der Waals surface area contributed by atoms with E-state index in [1.165, 1.54) is 0 Å². The van der Waals surface area contributed by atoms with E-state index in [1.807, 2.05) is 17.9 Å². The van der Waals surface area contributed by atoms with Crippen molar-refractivity contribution < 1.29 is 9.53 Å². The molecule has 3 rings (SSSR count). The van der Waals surface area contributed by atoms with Crippen molar-refractivity contribution in [2.75, 3.05) is 19.7 Å². The summed E-state index contributed by atoms with van der Waals surface area (Å²) in [4.78, 5) is 18.7. The molecule has 1 aliphatic heterocycles. The summed E-state index contributed by atoms with van der Waals surface area (Å²) < 4.78 is 5.37. The summed E-state index contributed by atoms with van der Waals surface area (Å²) >= 11 is 0. The van der Waals surface area contributed by atoms with E-state index in [0.29, 0.717) is 30.5 Å². The second-order valence-corrected chi connectivity index (χ2v) is 5.42. The van der Waals surface area contributed by atoms with Crippen LogP contribution >= 0.6 is 0 Å². The second kappa shape index (κ2) is 6.60. The highest BCUT2D eigenvalue weighted by molar-refractivity contribution is 5.94. The highest BCUT2D eigenvalue weighted by atomic mass is 16.5. The third-order valence-electron chi connectivity index (χ3n) is 3.94. The molecule has 2 aromatic rings. The largest absolute Gasteiger partial charge is 0.478 e. The average molecular weight is 300 g/mol. The average Bonchev–Trinajstić information content (AvgIpc) is 3.09. The smallest absolute Gasteiger partial charge is 0.254 e. The molecule has 0 saturated carbocycles. The van der Waals surface area contributed by atoms with Gasteiger partial charge in [-0.3, -0.25) is 9.89 Å². The van der Waals surface area contributed by atoms with Crippen LogP contribution in [0.15, 0.2) is 30.6 Å². The molecule has 6 heteroatoms. The summed E-state index contributed by atoms with van der Waals surface area (Å²) in [7, 11) is 0. The van der Waals surface area contributed by atoms with Crippen molar-refractivity contribution in [1.29, 1.82) is 0 Å². The maximum Gasteiger partial charge on any atom is 0.254 e. The predicted octanol–water partition coefficient (Wildman–Crippen LogP) is 2.22. The number of nitrogens with one attached hydrogen (secondary N) is 1. The van der Waals surface area contributed by atoms with Gasteiger partial charge >= 0.3 is 0 Å². The van der Waals surface area contributed by atoms with Gasteiger partial charge in [-0.25, -0.2) is 4.98 Å². The minimum absolute atomic E-state index is 0.0348. The standard InChI is InChI=1S/C16H20N4O2/c1-2-22-15-10-12(5-7-17-15)16(21)20-9-3-4-13(11-20)14-6-8-18-19-14/h5-8,10,13H,2-4,9,11H2,1H3,(H,18,19)/t13-/m0/s1. The van der Waals surface area contributed by atoms with Crippen molar-refractivity contribution >= 4 is 5.91 Å². The number of carbonyl (C=O) groups is 1. The van der Waals surface area contributed by atoms with Gasteiger partial charge in [-0.15, -0.1) is 0 Å². The van der Waals surface area contributed by atoms with Crippen LogP contribution < -0.4 is 4.74 Å². The molecule has 1 amide bonds. The van der Waals surface area contributed by atoms with Gasteiger partial charge in [-0.2, -0.15) is 5.10 Å². The lowest BCUT2D eigenvalue weighted by molar-refractivity contribution is 0.0705. The van der Waals surface area contributed by atoms with Crippen LogP contribution in [-0.2, 0) is 0 Å². The molecule has 0 aromatic carbocycles. The Balaban J connectivity index is 1.72. The maximum atomic E-state index is 12.7. The normalized spacial score (nSPS) is 18.2. The number of rotatable bonds is 4. The summed E-state index contributed by atoms with van der Waals surface area (Å²) in [6, 6.07) is 5.44. The number of hydrogen-bond acceptors (Lipinski definition) is 4. The van der Waals surface area contributed by atoms with Gasteiger partial charge in [-0.05, 0) is 31.9 Å². The number of ether oxygens (including phenoxy) is 1. The minimum atomic E-state index is 0.0348. The molecule has 116 valence electrons. The summed E-state index contributed by atoms with van der Waals surface area (Å²) in [6.45, 7) is 3.94. The van der Waals surface area contributed by atoms with E-state index in [4.69, 9.17) is 4.74 Å². The molecule has 0 aliphatic carbocycles. The number of aromatic amines is 1. The number of aromatic nitrogens is 3. The maximum absolute atomic E-state index is 12.7. The molecule has 0 radical (unpaired) electrons. The minimum Gasteiger partial charge on any atom is -0.478 e. The van der Waals surface area contributed by atoms with Crippen LogP contribution in [0.4, 0.5) is 0 Å². The van der Waals surface area contributed by atoms with Gasteiger partial charge in [-0.1, -0.05) is 0 Å². The van der Waals surface area contributed by atoms with Crippen molar-refractivity contribution in [1.82, 2.24) is 20.1 Å². The van der Waals surface area contributed by atoms with E-state index in [-0.39, 0.29) is 5.91 Å². The number of H-pyrrole nitrogens is 1. The van der Waals surface area contributed by atoms with Crippen molar-refractivity contribution in [2.24, 2.45) is 0 Å². The number of piperidine rings is 1. The number of amides is 1. The summed E-state index contributed by atoms with van der Waals surface area (Å²) in [5.41, 5.74) is 1.73. The van der Waals surface area contributed by atoms with E-state index < -0.39 is 0 Å². The Labute approximate surface area is 129 Å². The topological polar surface area (TPSA) is 71.1 Å². The first-order valence-corrected chi connectivity index (χ1v) is 7.65. The van der Waals surface area contributed by atoms with E-state index in [1.54, 1.807) is 24.5 Å². The van der Waals surface area contributed by atoms with E-state index in [2.05, 4.69) is 15.2 Å². The Morgan fingerprint density at radius 1 is 1.45 bits per heavy atom. The van der Waals surface area contributed by atoms with E-state index in [9.17, 15) is 4.79 Å². The molecule has 0 bridgehead atoms. The predicted molar refractivity (Wildman–Crippen MR) is 81.9 cm³/mol. The van der Waals surface area contributed by atoms with Crippen molar-refractivity contribution in [2.45, 2.75) is 25.7 Å². The first kappa shape index (κ1) is 14.6. The van der Waals surface area contributed by atoms with E-state index >= 15 is 0 Å². The van der Waals surface area contributed by atoms with Crippen LogP contribution in [0.5, 0.6) is 5.88 Å². The third-order valence-corrected chi connectivity index (χ3v) is 3.94. The quantitative estimate of drug-likeness (QED) is 0.940. The van der Waals surface area contributed by atoms with Gasteiger partial charge in [0.25, 0.3) is 5.91 Å². The number of nitrogens with zero attached hydrogens (tertiary/aromatic N) is 3. The van der Waals surface area contributed by atoms with Crippen LogP contribution in [0.2, 0.25) is 0 Å². The number of pyridine rings is 1. The van der Waals surface area contributed by atoms with Crippen molar-refractivity contribution in [3.63, 3.8) is 0 Å². The summed E-state index contributed by atoms with van der Waals surface area (Å²) in [6.07, 6.45) is 5.45. The lowest BCUT2D eigenvalue weighted by Gasteiger charge is -2.32. The molecule has 1 N–H and O–H groups in total. The molecule has 22 heavy (non-hydrogen) atoms. The van der Waals surface area contributed by atoms with Gasteiger partial charge < -0.3 is 9.64 Å². The first-order valence-electron chi connectivity index (χ1n) is 7.65. The van der Waals surface area contributed by atoms with Gasteiger partial charge in [0.1, 0.15) is 0 Å². The number of carbonyl (C=O) groups excluding carboxylic acids is 1. The van der Waals surface area contributed by atoms with E-state index in [0.717, 1.165) is 25.1 Å². The number of likely N-dealkylation sites (tertiary alicyclic amines) is 1. The lowest BCUT2D eigenvalue weighted by atomic mass is 9.94. The van der Waals surface area contributed by atoms with Gasteiger partial charge in [0.2, 0.25) is 5.88 Å². The Morgan fingerprint density at radius 2 is 2.36 bits per heavy atom. The molecule has 1 atom stereocenters.